The molecule has 18 heavy (non-hydrogen) atoms. The summed E-state index contributed by atoms with van der Waals surface area (Å²) in [6.07, 6.45) is -3.15. The Kier molecular flexibility index (Phi) is 3.38. The van der Waals surface area contributed by atoms with E-state index in [0.717, 1.165) is 18.6 Å². The predicted molar refractivity (Wildman–Crippen MR) is 60.0 cm³/mol. The summed E-state index contributed by atoms with van der Waals surface area (Å²) in [6, 6.07) is 4.79. The summed E-state index contributed by atoms with van der Waals surface area (Å²) in [7, 11) is 1.48. The van der Waals surface area contributed by atoms with Crippen molar-refractivity contribution in [1.29, 1.82) is 0 Å². The molecule has 2 rings (SSSR count). The number of rotatable bonds is 3. The minimum atomic E-state index is -4.39. The van der Waals surface area contributed by atoms with Gasteiger partial charge in [-0.3, -0.25) is 0 Å². The second-order valence-electron chi connectivity index (χ2n) is 4.65. The average Bonchev–Trinajstić information content (AvgIpc) is 2.27. The second-order valence-corrected chi connectivity index (χ2v) is 4.65. The highest BCUT2D eigenvalue weighted by Crippen LogP contribution is 2.45. The van der Waals surface area contributed by atoms with E-state index >= 15 is 0 Å². The lowest BCUT2D eigenvalue weighted by molar-refractivity contribution is -0.152. The molecule has 5 heteroatoms. The number of methoxy groups -OCH3 is 1. The Morgan fingerprint density at radius 3 is 2.44 bits per heavy atom. The van der Waals surface area contributed by atoms with E-state index in [9.17, 15) is 18.3 Å². The standard InChI is InChI=1S/C13H15F3O2/c1-18-12(6-3-7-12)11(17)9-4-2-5-10(8-9)13(14,15)16/h2,4-5,8,11,17H,3,6-7H2,1H3. The molecule has 1 N–H and O–H groups in total. The van der Waals surface area contributed by atoms with Crippen LogP contribution in [0.4, 0.5) is 13.2 Å². The third kappa shape index (κ3) is 2.24. The molecule has 1 atom stereocenters. The van der Waals surface area contributed by atoms with Gasteiger partial charge in [-0.2, -0.15) is 13.2 Å². The number of alkyl halides is 3. The number of benzene rings is 1. The van der Waals surface area contributed by atoms with Gasteiger partial charge in [0.2, 0.25) is 0 Å². The lowest BCUT2D eigenvalue weighted by Crippen LogP contribution is -2.45. The molecule has 0 radical (unpaired) electrons. The third-order valence-electron chi connectivity index (χ3n) is 3.63. The maximum absolute atomic E-state index is 12.6. The molecule has 1 fully saturated rings. The Balaban J connectivity index is 2.28. The number of hydrogen-bond donors (Lipinski definition) is 1. The van der Waals surface area contributed by atoms with Crippen molar-refractivity contribution in [3.63, 3.8) is 0 Å². The van der Waals surface area contributed by atoms with Crippen LogP contribution in [0.5, 0.6) is 0 Å². The summed E-state index contributed by atoms with van der Waals surface area (Å²) >= 11 is 0. The first-order valence-electron chi connectivity index (χ1n) is 5.79. The Bertz CT molecular complexity index is 419. The third-order valence-corrected chi connectivity index (χ3v) is 3.63. The van der Waals surface area contributed by atoms with Gasteiger partial charge >= 0.3 is 6.18 Å². The van der Waals surface area contributed by atoms with Crippen LogP contribution < -0.4 is 0 Å². The lowest BCUT2D eigenvalue weighted by atomic mass is 9.73. The Labute approximate surface area is 103 Å². The van der Waals surface area contributed by atoms with Gasteiger partial charge in [-0.25, -0.2) is 0 Å². The van der Waals surface area contributed by atoms with Gasteiger partial charge in [-0.1, -0.05) is 12.1 Å². The SMILES string of the molecule is COC1(C(O)c2cccc(C(F)(F)F)c2)CCC1. The van der Waals surface area contributed by atoms with E-state index in [0.29, 0.717) is 12.8 Å². The zero-order valence-electron chi connectivity index (χ0n) is 10.00. The van der Waals surface area contributed by atoms with Crippen molar-refractivity contribution in [2.45, 2.75) is 37.1 Å². The molecule has 1 aromatic carbocycles. The lowest BCUT2D eigenvalue weighted by Gasteiger charge is -2.44. The van der Waals surface area contributed by atoms with E-state index in [1.165, 1.54) is 19.2 Å². The van der Waals surface area contributed by atoms with E-state index in [-0.39, 0.29) is 5.56 Å². The van der Waals surface area contributed by atoms with Gasteiger partial charge in [-0.15, -0.1) is 0 Å². The monoisotopic (exact) mass is 260 g/mol. The molecule has 1 saturated carbocycles. The number of halogens is 3. The molecular formula is C13H15F3O2. The minimum Gasteiger partial charge on any atom is -0.385 e. The molecule has 0 heterocycles. The van der Waals surface area contributed by atoms with Crippen molar-refractivity contribution in [1.82, 2.24) is 0 Å². The summed E-state index contributed by atoms with van der Waals surface area (Å²) in [5.74, 6) is 0. The Morgan fingerprint density at radius 1 is 1.33 bits per heavy atom. The van der Waals surface area contributed by atoms with Crippen molar-refractivity contribution in [2.75, 3.05) is 7.11 Å². The van der Waals surface area contributed by atoms with Crippen molar-refractivity contribution >= 4 is 0 Å². The molecule has 1 aromatic rings. The fourth-order valence-corrected chi connectivity index (χ4v) is 2.30. The zero-order chi connectivity index (χ0) is 13.4. The second kappa shape index (κ2) is 4.55. The normalized spacial score (nSPS) is 20.3. The van der Waals surface area contributed by atoms with E-state index < -0.39 is 23.4 Å². The van der Waals surface area contributed by atoms with Gasteiger partial charge in [0.1, 0.15) is 6.10 Å². The summed E-state index contributed by atoms with van der Waals surface area (Å²) < 4.78 is 43.1. The number of ether oxygens (including phenoxy) is 1. The Hall–Kier alpha value is -1.07. The molecular weight excluding hydrogens is 245 g/mol. The highest BCUT2D eigenvalue weighted by atomic mass is 19.4. The first-order chi connectivity index (χ1) is 8.39. The maximum atomic E-state index is 12.6. The molecule has 100 valence electrons. The van der Waals surface area contributed by atoms with Crippen molar-refractivity contribution in [3.8, 4) is 0 Å². The molecule has 0 bridgehead atoms. The number of hydrogen-bond acceptors (Lipinski definition) is 2. The molecule has 0 spiro atoms. The first-order valence-corrected chi connectivity index (χ1v) is 5.79. The number of aliphatic hydroxyl groups excluding tert-OH is 1. The minimum absolute atomic E-state index is 0.256. The van der Waals surface area contributed by atoms with Crippen LogP contribution in [-0.2, 0) is 10.9 Å². The fourth-order valence-electron chi connectivity index (χ4n) is 2.30. The van der Waals surface area contributed by atoms with Crippen LogP contribution in [-0.4, -0.2) is 17.8 Å². The topological polar surface area (TPSA) is 29.5 Å². The van der Waals surface area contributed by atoms with Gasteiger partial charge in [0, 0.05) is 7.11 Å². The largest absolute Gasteiger partial charge is 0.416 e. The van der Waals surface area contributed by atoms with Crippen LogP contribution in [0.2, 0.25) is 0 Å². The molecule has 0 aromatic heterocycles. The molecule has 2 nitrogen and oxygen atoms in total. The number of aliphatic hydroxyl groups is 1. The molecule has 0 amide bonds. The van der Waals surface area contributed by atoms with Crippen molar-refractivity contribution in [2.24, 2.45) is 0 Å². The Morgan fingerprint density at radius 2 is 2.00 bits per heavy atom. The summed E-state index contributed by atoms with van der Waals surface area (Å²) in [5, 5.41) is 10.2. The van der Waals surface area contributed by atoms with Crippen LogP contribution in [0.15, 0.2) is 24.3 Å². The van der Waals surface area contributed by atoms with Gasteiger partial charge in [0.05, 0.1) is 11.2 Å². The average molecular weight is 260 g/mol. The van der Waals surface area contributed by atoms with E-state index in [4.69, 9.17) is 4.74 Å². The summed E-state index contributed by atoms with van der Waals surface area (Å²) in [5.41, 5.74) is -1.21. The van der Waals surface area contributed by atoms with Crippen LogP contribution in [0.25, 0.3) is 0 Å². The van der Waals surface area contributed by atoms with Crippen molar-refractivity contribution in [3.05, 3.63) is 35.4 Å². The van der Waals surface area contributed by atoms with Crippen LogP contribution in [0.3, 0.4) is 0 Å². The summed E-state index contributed by atoms with van der Waals surface area (Å²) in [4.78, 5) is 0. The van der Waals surface area contributed by atoms with Gasteiger partial charge in [0.15, 0.2) is 0 Å². The highest BCUT2D eigenvalue weighted by molar-refractivity contribution is 5.29. The molecule has 1 aliphatic carbocycles. The smallest absolute Gasteiger partial charge is 0.385 e. The zero-order valence-corrected chi connectivity index (χ0v) is 10.00. The molecule has 1 unspecified atom stereocenters. The van der Waals surface area contributed by atoms with Crippen LogP contribution in [0.1, 0.15) is 36.5 Å². The predicted octanol–water partition coefficient (Wildman–Crippen LogP) is 3.31. The van der Waals surface area contributed by atoms with Crippen LogP contribution >= 0.6 is 0 Å². The van der Waals surface area contributed by atoms with Crippen LogP contribution in [0, 0.1) is 0 Å². The highest BCUT2D eigenvalue weighted by Gasteiger charge is 2.45. The first kappa shape index (κ1) is 13.4. The van der Waals surface area contributed by atoms with E-state index in [2.05, 4.69) is 0 Å². The van der Waals surface area contributed by atoms with E-state index in [1.807, 2.05) is 0 Å². The molecule has 0 saturated heterocycles. The summed E-state index contributed by atoms with van der Waals surface area (Å²) in [6.45, 7) is 0. The van der Waals surface area contributed by atoms with E-state index in [1.54, 1.807) is 0 Å². The molecule has 0 aliphatic heterocycles. The van der Waals surface area contributed by atoms with Gasteiger partial charge in [-0.05, 0) is 37.0 Å². The van der Waals surface area contributed by atoms with Gasteiger partial charge in [0.25, 0.3) is 0 Å². The fraction of sp³-hybridized carbons (Fsp3) is 0.538. The van der Waals surface area contributed by atoms with Gasteiger partial charge < -0.3 is 9.84 Å². The maximum Gasteiger partial charge on any atom is 0.416 e. The molecule has 1 aliphatic rings. The van der Waals surface area contributed by atoms with Crippen molar-refractivity contribution < 1.29 is 23.0 Å². The quantitative estimate of drug-likeness (QED) is 0.903.